The van der Waals surface area contributed by atoms with Gasteiger partial charge in [-0.3, -0.25) is 4.79 Å². The van der Waals surface area contributed by atoms with Gasteiger partial charge in [-0.2, -0.15) is 0 Å². The van der Waals surface area contributed by atoms with E-state index in [4.69, 9.17) is 9.47 Å². The van der Waals surface area contributed by atoms with Gasteiger partial charge in [-0.15, -0.1) is 11.3 Å². The van der Waals surface area contributed by atoms with Crippen LogP contribution in [0, 0.1) is 0 Å². The van der Waals surface area contributed by atoms with E-state index in [9.17, 15) is 4.79 Å². The molecule has 6 nitrogen and oxygen atoms in total. The number of hydrogen-bond donors (Lipinski definition) is 0. The number of esters is 1. The summed E-state index contributed by atoms with van der Waals surface area (Å²) in [6.07, 6.45) is 0. The number of rotatable bonds is 7. The molecule has 4 rings (SSSR count). The van der Waals surface area contributed by atoms with E-state index in [1.54, 1.807) is 5.51 Å². The highest BCUT2D eigenvalue weighted by Crippen LogP contribution is 2.24. The zero-order chi connectivity index (χ0) is 19.3. The molecule has 0 saturated heterocycles. The monoisotopic (exact) mass is 457 g/mol. The molecular formula is C20H16BrN3O3S. The molecule has 2 aromatic heterocycles. The van der Waals surface area contributed by atoms with E-state index in [0.29, 0.717) is 5.82 Å². The summed E-state index contributed by atoms with van der Waals surface area (Å²) in [5.41, 5.74) is 4.18. The van der Waals surface area contributed by atoms with Gasteiger partial charge in [0.25, 0.3) is 0 Å². The van der Waals surface area contributed by atoms with Crippen molar-refractivity contribution in [1.82, 2.24) is 14.5 Å². The van der Waals surface area contributed by atoms with Crippen molar-refractivity contribution in [2.75, 3.05) is 13.2 Å². The summed E-state index contributed by atoms with van der Waals surface area (Å²) in [6, 6.07) is 15.2. The van der Waals surface area contributed by atoms with Crippen molar-refractivity contribution in [3.63, 3.8) is 0 Å². The molecule has 0 radical (unpaired) electrons. The SMILES string of the molecule is O=C(Cn1c(-c2cscn2)nc2ccccc21)OCCOc1ccc(Br)cc1. The molecule has 0 amide bonds. The third-order valence-corrected chi connectivity index (χ3v) is 5.15. The van der Waals surface area contributed by atoms with Gasteiger partial charge in [0.1, 0.15) is 31.2 Å². The molecule has 0 saturated carbocycles. The summed E-state index contributed by atoms with van der Waals surface area (Å²) in [6.45, 7) is 0.524. The lowest BCUT2D eigenvalue weighted by molar-refractivity contribution is -0.145. The van der Waals surface area contributed by atoms with Crippen LogP contribution < -0.4 is 4.74 Å². The minimum Gasteiger partial charge on any atom is -0.490 e. The van der Waals surface area contributed by atoms with Gasteiger partial charge in [0, 0.05) is 9.85 Å². The van der Waals surface area contributed by atoms with Crippen LogP contribution in [0.4, 0.5) is 0 Å². The Morgan fingerprint density at radius 3 is 2.71 bits per heavy atom. The first kappa shape index (κ1) is 18.6. The molecule has 2 heterocycles. The lowest BCUT2D eigenvalue weighted by Gasteiger charge is -2.10. The van der Waals surface area contributed by atoms with Crippen molar-refractivity contribution in [3.8, 4) is 17.3 Å². The molecule has 0 bridgehead atoms. The van der Waals surface area contributed by atoms with E-state index in [2.05, 4.69) is 25.9 Å². The Morgan fingerprint density at radius 2 is 1.93 bits per heavy atom. The Bertz CT molecular complexity index is 1080. The predicted octanol–water partition coefficient (Wildman–Crippen LogP) is 4.54. The lowest BCUT2D eigenvalue weighted by atomic mass is 10.3. The van der Waals surface area contributed by atoms with Gasteiger partial charge in [-0.05, 0) is 36.4 Å². The topological polar surface area (TPSA) is 66.2 Å². The lowest BCUT2D eigenvalue weighted by Crippen LogP contribution is -2.17. The number of fused-ring (bicyclic) bond motifs is 1. The molecule has 4 aromatic rings. The molecule has 28 heavy (non-hydrogen) atoms. The number of thiazole rings is 1. The van der Waals surface area contributed by atoms with Crippen LogP contribution in [-0.2, 0) is 16.1 Å². The summed E-state index contributed by atoms with van der Waals surface area (Å²) in [4.78, 5) is 21.3. The first-order chi connectivity index (χ1) is 13.7. The van der Waals surface area contributed by atoms with Crippen LogP contribution in [0.15, 0.2) is 63.9 Å². The largest absolute Gasteiger partial charge is 0.490 e. The van der Waals surface area contributed by atoms with Gasteiger partial charge in [-0.25, -0.2) is 9.97 Å². The third kappa shape index (κ3) is 4.23. The molecule has 0 spiro atoms. The molecule has 0 aliphatic carbocycles. The van der Waals surface area contributed by atoms with E-state index >= 15 is 0 Å². The molecule has 0 aliphatic heterocycles. The summed E-state index contributed by atoms with van der Waals surface area (Å²) in [5, 5.41) is 1.91. The molecular weight excluding hydrogens is 442 g/mol. The first-order valence-corrected chi connectivity index (χ1v) is 10.3. The zero-order valence-corrected chi connectivity index (χ0v) is 17.1. The molecule has 0 N–H and O–H groups in total. The maximum Gasteiger partial charge on any atom is 0.326 e. The second kappa shape index (κ2) is 8.53. The van der Waals surface area contributed by atoms with Crippen LogP contribution >= 0.6 is 27.3 Å². The number of imidazole rings is 1. The number of carbonyl (C=O) groups excluding carboxylic acids is 1. The van der Waals surface area contributed by atoms with Crippen molar-refractivity contribution in [2.24, 2.45) is 0 Å². The second-order valence-corrected chi connectivity index (χ2v) is 7.54. The highest BCUT2D eigenvalue weighted by atomic mass is 79.9. The maximum atomic E-state index is 12.4. The average Bonchev–Trinajstić information content (AvgIpc) is 3.35. The highest BCUT2D eigenvalue weighted by molar-refractivity contribution is 9.10. The number of para-hydroxylation sites is 2. The minimum absolute atomic E-state index is 0.0612. The molecule has 8 heteroatoms. The van der Waals surface area contributed by atoms with Crippen molar-refractivity contribution >= 4 is 44.3 Å². The van der Waals surface area contributed by atoms with E-state index in [-0.39, 0.29) is 25.7 Å². The van der Waals surface area contributed by atoms with E-state index in [1.165, 1.54) is 11.3 Å². The van der Waals surface area contributed by atoms with E-state index in [0.717, 1.165) is 26.9 Å². The van der Waals surface area contributed by atoms with Crippen LogP contribution in [-0.4, -0.2) is 33.7 Å². The number of hydrogen-bond acceptors (Lipinski definition) is 6. The van der Waals surface area contributed by atoms with Gasteiger partial charge in [0.15, 0.2) is 5.82 Å². The Balaban J connectivity index is 1.41. The Morgan fingerprint density at radius 1 is 1.11 bits per heavy atom. The Hall–Kier alpha value is -2.71. The van der Waals surface area contributed by atoms with Crippen LogP contribution in [0.1, 0.15) is 0 Å². The minimum atomic E-state index is -0.348. The Labute approximate surface area is 173 Å². The quantitative estimate of drug-likeness (QED) is 0.301. The Kier molecular flexibility index (Phi) is 5.68. The number of halogens is 1. The average molecular weight is 458 g/mol. The van der Waals surface area contributed by atoms with E-state index in [1.807, 2.05) is 58.5 Å². The molecule has 0 aliphatic rings. The maximum absolute atomic E-state index is 12.4. The molecule has 0 unspecified atom stereocenters. The van der Waals surface area contributed by atoms with Gasteiger partial charge in [0.2, 0.25) is 0 Å². The zero-order valence-electron chi connectivity index (χ0n) is 14.7. The molecule has 0 fully saturated rings. The van der Waals surface area contributed by atoms with E-state index < -0.39 is 0 Å². The van der Waals surface area contributed by atoms with Crippen LogP contribution in [0.5, 0.6) is 5.75 Å². The summed E-state index contributed by atoms with van der Waals surface area (Å²) < 4.78 is 13.7. The number of carbonyl (C=O) groups is 1. The molecule has 142 valence electrons. The van der Waals surface area contributed by atoms with Crippen molar-refractivity contribution in [1.29, 1.82) is 0 Å². The fraction of sp³-hybridized carbons (Fsp3) is 0.150. The smallest absolute Gasteiger partial charge is 0.326 e. The van der Waals surface area contributed by atoms with Crippen LogP contribution in [0.2, 0.25) is 0 Å². The highest BCUT2D eigenvalue weighted by Gasteiger charge is 2.17. The number of nitrogens with zero attached hydrogens (tertiary/aromatic N) is 3. The molecule has 2 aromatic carbocycles. The molecule has 0 atom stereocenters. The second-order valence-electron chi connectivity index (χ2n) is 5.91. The van der Waals surface area contributed by atoms with Gasteiger partial charge >= 0.3 is 5.97 Å². The van der Waals surface area contributed by atoms with Crippen molar-refractivity contribution in [3.05, 3.63) is 63.9 Å². The predicted molar refractivity (Wildman–Crippen MR) is 111 cm³/mol. The summed E-state index contributed by atoms with van der Waals surface area (Å²) >= 11 is 4.86. The van der Waals surface area contributed by atoms with Crippen LogP contribution in [0.3, 0.4) is 0 Å². The summed E-state index contributed by atoms with van der Waals surface area (Å²) in [5.74, 6) is 1.04. The van der Waals surface area contributed by atoms with Crippen molar-refractivity contribution < 1.29 is 14.3 Å². The first-order valence-electron chi connectivity index (χ1n) is 8.58. The fourth-order valence-corrected chi connectivity index (χ4v) is 3.57. The van der Waals surface area contributed by atoms with Crippen molar-refractivity contribution in [2.45, 2.75) is 6.54 Å². The fourth-order valence-electron chi connectivity index (χ4n) is 2.77. The van der Waals surface area contributed by atoms with Gasteiger partial charge in [0.05, 0.1) is 16.5 Å². The van der Waals surface area contributed by atoms with Gasteiger partial charge < -0.3 is 14.0 Å². The third-order valence-electron chi connectivity index (χ3n) is 4.03. The number of benzene rings is 2. The standard InChI is InChI=1S/C20H16BrN3O3S/c21-14-5-7-15(8-6-14)26-9-10-27-19(25)11-24-18-4-2-1-3-16(18)23-20(24)17-12-28-13-22-17/h1-8,12-13H,9-11H2. The number of ether oxygens (including phenoxy) is 2. The summed E-state index contributed by atoms with van der Waals surface area (Å²) in [7, 11) is 0. The number of aromatic nitrogens is 3. The van der Waals surface area contributed by atoms with Crippen LogP contribution in [0.25, 0.3) is 22.6 Å². The normalized spacial score (nSPS) is 10.9. The van der Waals surface area contributed by atoms with Gasteiger partial charge in [-0.1, -0.05) is 28.1 Å².